The zero-order valence-electron chi connectivity index (χ0n) is 17.1. The number of nitrogens with zero attached hydrogens (tertiary/aromatic N) is 4. The van der Waals surface area contributed by atoms with Gasteiger partial charge >= 0.3 is 0 Å². The third kappa shape index (κ3) is 3.81. The largest absolute Gasteiger partial charge is 0.307 e. The molecule has 6 nitrogen and oxygen atoms in total. The minimum absolute atomic E-state index is 0.134. The zero-order valence-corrected chi connectivity index (χ0v) is 18.7. The second kappa shape index (κ2) is 8.15. The summed E-state index contributed by atoms with van der Waals surface area (Å²) in [5.41, 5.74) is 5.09. The molecule has 0 spiro atoms. The van der Waals surface area contributed by atoms with Gasteiger partial charge in [-0.1, -0.05) is 24.3 Å². The van der Waals surface area contributed by atoms with Gasteiger partial charge in [0.05, 0.1) is 28.6 Å². The number of rotatable bonds is 4. The Morgan fingerprint density at radius 3 is 2.68 bits per heavy atom. The van der Waals surface area contributed by atoms with Gasteiger partial charge in [0.2, 0.25) is 0 Å². The highest BCUT2D eigenvalue weighted by Gasteiger charge is 2.25. The Bertz CT molecular complexity index is 1240. The molecule has 31 heavy (non-hydrogen) atoms. The maximum Gasteiger partial charge on any atom is 0.256 e. The van der Waals surface area contributed by atoms with Crippen LogP contribution >= 0.6 is 15.9 Å². The number of carbonyl (C=O) groups is 1. The van der Waals surface area contributed by atoms with Gasteiger partial charge < -0.3 is 5.32 Å². The van der Waals surface area contributed by atoms with E-state index in [1.54, 1.807) is 10.9 Å². The molecule has 1 atom stereocenters. The van der Waals surface area contributed by atoms with E-state index in [0.29, 0.717) is 5.56 Å². The molecule has 1 N–H and O–H groups in total. The maximum atomic E-state index is 13.0. The lowest BCUT2D eigenvalue weighted by molar-refractivity contribution is 0.102. The summed E-state index contributed by atoms with van der Waals surface area (Å²) in [5, 5.41) is 12.0. The highest BCUT2D eigenvalue weighted by atomic mass is 79.9. The highest BCUT2D eigenvalue weighted by molar-refractivity contribution is 9.10. The number of amides is 1. The van der Waals surface area contributed by atoms with E-state index >= 15 is 0 Å². The normalized spacial score (nSPS) is 15.5. The maximum absolute atomic E-state index is 13.0. The molecule has 1 unspecified atom stereocenters. The van der Waals surface area contributed by atoms with Crippen LogP contribution in [-0.4, -0.2) is 25.5 Å². The Labute approximate surface area is 189 Å². The van der Waals surface area contributed by atoms with E-state index in [9.17, 15) is 4.79 Å². The standard InChI is InChI=1S/C24H22BrN5O/c1-16-13-27-30(22-8-4-6-17-5-2-3-7-21(17)22)23(16)28-24(31)18-9-11-20(12-10-18)29-15-19(25)14-26-29/h2-3,5,7,9-15,22H,4,6,8H2,1H3,(H,28,31). The molecule has 5 rings (SSSR count). The predicted octanol–water partition coefficient (Wildman–Crippen LogP) is 5.32. The van der Waals surface area contributed by atoms with Crippen LogP contribution in [0.4, 0.5) is 5.82 Å². The van der Waals surface area contributed by atoms with Crippen LogP contribution in [-0.2, 0) is 6.42 Å². The molecule has 1 aliphatic carbocycles. The van der Waals surface area contributed by atoms with Crippen molar-refractivity contribution >= 4 is 27.7 Å². The third-order valence-corrected chi connectivity index (χ3v) is 6.20. The molecule has 0 saturated carbocycles. The Hall–Kier alpha value is -3.19. The van der Waals surface area contributed by atoms with Gasteiger partial charge in [-0.05, 0) is 77.5 Å². The van der Waals surface area contributed by atoms with Crippen molar-refractivity contribution in [3.8, 4) is 5.69 Å². The first-order chi connectivity index (χ1) is 15.1. The Morgan fingerprint density at radius 2 is 1.90 bits per heavy atom. The van der Waals surface area contributed by atoms with Crippen molar-refractivity contribution in [1.82, 2.24) is 19.6 Å². The Balaban J connectivity index is 1.40. The molecule has 4 aromatic rings. The van der Waals surface area contributed by atoms with Crippen molar-refractivity contribution in [1.29, 1.82) is 0 Å². The van der Waals surface area contributed by atoms with E-state index in [-0.39, 0.29) is 11.9 Å². The molecule has 7 heteroatoms. The van der Waals surface area contributed by atoms with Crippen LogP contribution in [0.25, 0.3) is 5.69 Å². The number of hydrogen-bond donors (Lipinski definition) is 1. The smallest absolute Gasteiger partial charge is 0.256 e. The van der Waals surface area contributed by atoms with Crippen LogP contribution in [0.2, 0.25) is 0 Å². The van der Waals surface area contributed by atoms with Gasteiger partial charge in [-0.25, -0.2) is 9.36 Å². The summed E-state index contributed by atoms with van der Waals surface area (Å²) in [4.78, 5) is 13.0. The fourth-order valence-corrected chi connectivity index (χ4v) is 4.50. The molecule has 0 bridgehead atoms. The van der Waals surface area contributed by atoms with Crippen LogP contribution in [0.1, 0.15) is 45.9 Å². The molecule has 0 radical (unpaired) electrons. The molecule has 0 saturated heterocycles. The number of benzene rings is 2. The molecule has 0 aliphatic heterocycles. The quantitative estimate of drug-likeness (QED) is 0.434. The first-order valence-electron chi connectivity index (χ1n) is 10.3. The summed E-state index contributed by atoms with van der Waals surface area (Å²) in [5.74, 6) is 0.605. The van der Waals surface area contributed by atoms with Gasteiger partial charge in [0.15, 0.2) is 0 Å². The second-order valence-electron chi connectivity index (χ2n) is 7.83. The zero-order chi connectivity index (χ0) is 21.4. The Kier molecular flexibility index (Phi) is 5.19. The minimum atomic E-state index is -0.151. The minimum Gasteiger partial charge on any atom is -0.307 e. The van der Waals surface area contributed by atoms with E-state index in [1.807, 2.05) is 48.3 Å². The van der Waals surface area contributed by atoms with Gasteiger partial charge in [0, 0.05) is 17.3 Å². The average molecular weight is 476 g/mol. The molecular formula is C24H22BrN5O. The SMILES string of the molecule is Cc1cnn(C2CCCc3ccccc32)c1NC(=O)c1ccc(-n2cc(Br)cn2)cc1. The van der Waals surface area contributed by atoms with Crippen LogP contribution in [0.3, 0.4) is 0 Å². The number of nitrogens with one attached hydrogen (secondary N) is 1. The van der Waals surface area contributed by atoms with E-state index in [1.165, 1.54) is 11.1 Å². The molecule has 156 valence electrons. The summed E-state index contributed by atoms with van der Waals surface area (Å²) in [6.07, 6.45) is 8.64. The number of aryl methyl sites for hydroxylation is 2. The van der Waals surface area contributed by atoms with Crippen molar-refractivity contribution in [3.05, 3.63) is 93.8 Å². The first kappa shape index (κ1) is 19.8. The Morgan fingerprint density at radius 1 is 1.10 bits per heavy atom. The van der Waals surface area contributed by atoms with Gasteiger partial charge in [-0.3, -0.25) is 4.79 Å². The van der Waals surface area contributed by atoms with Crippen molar-refractivity contribution in [2.75, 3.05) is 5.32 Å². The second-order valence-corrected chi connectivity index (χ2v) is 8.75. The summed E-state index contributed by atoms with van der Waals surface area (Å²) in [6.45, 7) is 1.98. The average Bonchev–Trinajstić information content (AvgIpc) is 3.39. The van der Waals surface area contributed by atoms with Crippen molar-refractivity contribution in [2.45, 2.75) is 32.2 Å². The van der Waals surface area contributed by atoms with Crippen molar-refractivity contribution in [2.24, 2.45) is 0 Å². The number of aromatic nitrogens is 4. The highest BCUT2D eigenvalue weighted by Crippen LogP contribution is 2.35. The summed E-state index contributed by atoms with van der Waals surface area (Å²) >= 11 is 3.40. The lowest BCUT2D eigenvalue weighted by Crippen LogP contribution is -2.22. The fourth-order valence-electron chi connectivity index (χ4n) is 4.21. The van der Waals surface area contributed by atoms with Crippen molar-refractivity contribution in [3.63, 3.8) is 0 Å². The summed E-state index contributed by atoms with van der Waals surface area (Å²) < 4.78 is 4.63. The van der Waals surface area contributed by atoms with E-state index in [0.717, 1.165) is 40.8 Å². The fraction of sp³-hybridized carbons (Fsp3) is 0.208. The molecule has 2 aromatic heterocycles. The van der Waals surface area contributed by atoms with E-state index in [2.05, 4.69) is 55.7 Å². The van der Waals surface area contributed by atoms with Crippen LogP contribution in [0.15, 0.2) is 71.6 Å². The number of fused-ring (bicyclic) bond motifs is 1. The third-order valence-electron chi connectivity index (χ3n) is 5.79. The summed E-state index contributed by atoms with van der Waals surface area (Å²) in [6, 6.07) is 16.1. The molecule has 2 aromatic carbocycles. The van der Waals surface area contributed by atoms with Gasteiger partial charge in [-0.2, -0.15) is 10.2 Å². The van der Waals surface area contributed by atoms with Crippen LogP contribution in [0.5, 0.6) is 0 Å². The molecule has 1 amide bonds. The lowest BCUT2D eigenvalue weighted by atomic mass is 9.88. The van der Waals surface area contributed by atoms with Gasteiger partial charge in [0.25, 0.3) is 5.91 Å². The number of carbonyl (C=O) groups excluding carboxylic acids is 1. The molecule has 1 aliphatic rings. The molecule has 2 heterocycles. The predicted molar refractivity (Wildman–Crippen MR) is 124 cm³/mol. The van der Waals surface area contributed by atoms with Gasteiger partial charge in [-0.15, -0.1) is 0 Å². The van der Waals surface area contributed by atoms with Crippen molar-refractivity contribution < 1.29 is 4.79 Å². The summed E-state index contributed by atoms with van der Waals surface area (Å²) in [7, 11) is 0. The monoisotopic (exact) mass is 475 g/mol. The lowest BCUT2D eigenvalue weighted by Gasteiger charge is -2.27. The van der Waals surface area contributed by atoms with E-state index < -0.39 is 0 Å². The molecule has 0 fully saturated rings. The van der Waals surface area contributed by atoms with Crippen LogP contribution in [0, 0.1) is 6.92 Å². The topological polar surface area (TPSA) is 64.7 Å². The van der Waals surface area contributed by atoms with Gasteiger partial charge in [0.1, 0.15) is 5.82 Å². The van der Waals surface area contributed by atoms with E-state index in [4.69, 9.17) is 0 Å². The number of halogens is 1. The molecular weight excluding hydrogens is 454 g/mol. The number of hydrogen-bond acceptors (Lipinski definition) is 3. The number of anilines is 1. The first-order valence-corrected chi connectivity index (χ1v) is 11.1. The van der Waals surface area contributed by atoms with Crippen LogP contribution < -0.4 is 5.32 Å².